The van der Waals surface area contributed by atoms with Crippen LogP contribution in [0.5, 0.6) is 0 Å². The maximum absolute atomic E-state index is 11.4. The Balaban J connectivity index is 2.09. The van der Waals surface area contributed by atoms with Gasteiger partial charge in [-0.25, -0.2) is 0 Å². The molecule has 1 aromatic rings. The molecule has 7 heteroatoms. The molecule has 7 nitrogen and oxygen atoms in total. The van der Waals surface area contributed by atoms with Crippen molar-refractivity contribution >= 4 is 17.7 Å². The van der Waals surface area contributed by atoms with E-state index >= 15 is 0 Å². The minimum absolute atomic E-state index is 0.0649. The second-order valence-corrected chi connectivity index (χ2v) is 4.42. The number of anilines is 1. The summed E-state index contributed by atoms with van der Waals surface area (Å²) >= 11 is 0. The van der Waals surface area contributed by atoms with Gasteiger partial charge in [-0.05, 0) is 25.0 Å². The summed E-state index contributed by atoms with van der Waals surface area (Å²) in [7, 11) is 1.53. The lowest BCUT2D eigenvalue weighted by atomic mass is 10.3. The molecule has 0 atom stereocenters. The van der Waals surface area contributed by atoms with Crippen molar-refractivity contribution in [1.82, 2.24) is 15.5 Å². The van der Waals surface area contributed by atoms with Crippen LogP contribution < -0.4 is 10.2 Å². The predicted molar refractivity (Wildman–Crippen MR) is 68.0 cm³/mol. The van der Waals surface area contributed by atoms with E-state index in [1.165, 1.54) is 7.05 Å². The van der Waals surface area contributed by atoms with Crippen molar-refractivity contribution in [2.24, 2.45) is 0 Å². The largest absolute Gasteiger partial charge is 0.481 e. The first-order valence-electron chi connectivity index (χ1n) is 6.16. The molecule has 0 unspecified atom stereocenters. The molecule has 1 amide bonds. The van der Waals surface area contributed by atoms with E-state index in [-0.39, 0.29) is 18.0 Å². The number of hydrogen-bond donors (Lipinski definition) is 2. The molecule has 1 aromatic heterocycles. The highest BCUT2D eigenvalue weighted by molar-refractivity contribution is 5.91. The van der Waals surface area contributed by atoms with Crippen molar-refractivity contribution in [3.05, 3.63) is 17.8 Å². The molecule has 0 aromatic carbocycles. The van der Waals surface area contributed by atoms with E-state index in [0.717, 1.165) is 12.8 Å². The molecule has 1 fully saturated rings. The van der Waals surface area contributed by atoms with Crippen molar-refractivity contribution in [3.63, 3.8) is 0 Å². The fourth-order valence-electron chi connectivity index (χ4n) is 1.81. The SMILES string of the molecule is CNC(=O)c1ccc(N(CCC(=O)O)C2CC2)nn1. The number of aromatic nitrogens is 2. The zero-order chi connectivity index (χ0) is 13.8. The Labute approximate surface area is 110 Å². The summed E-state index contributed by atoms with van der Waals surface area (Å²) in [6, 6.07) is 3.65. The van der Waals surface area contributed by atoms with Crippen molar-refractivity contribution < 1.29 is 14.7 Å². The summed E-state index contributed by atoms with van der Waals surface area (Å²) in [5.41, 5.74) is 0.250. The molecule has 1 saturated carbocycles. The molecule has 0 spiro atoms. The molecule has 2 rings (SSSR count). The molecule has 102 valence electrons. The van der Waals surface area contributed by atoms with E-state index in [1.807, 2.05) is 4.90 Å². The molecular weight excluding hydrogens is 248 g/mol. The summed E-state index contributed by atoms with van der Waals surface area (Å²) in [6.07, 6.45) is 2.15. The van der Waals surface area contributed by atoms with Crippen molar-refractivity contribution in [2.75, 3.05) is 18.5 Å². The second-order valence-electron chi connectivity index (χ2n) is 4.42. The van der Waals surface area contributed by atoms with Crippen LogP contribution in [0.15, 0.2) is 12.1 Å². The number of amides is 1. The monoisotopic (exact) mass is 264 g/mol. The number of carboxylic acids is 1. The molecule has 0 radical (unpaired) electrons. The van der Waals surface area contributed by atoms with Crippen LogP contribution in [0.2, 0.25) is 0 Å². The van der Waals surface area contributed by atoms with E-state index in [0.29, 0.717) is 18.4 Å². The Hall–Kier alpha value is -2.18. The lowest BCUT2D eigenvalue weighted by molar-refractivity contribution is -0.136. The highest BCUT2D eigenvalue weighted by Crippen LogP contribution is 2.30. The molecule has 1 heterocycles. The van der Waals surface area contributed by atoms with Crippen molar-refractivity contribution in [2.45, 2.75) is 25.3 Å². The summed E-state index contributed by atoms with van der Waals surface area (Å²) in [6.45, 7) is 0.411. The van der Waals surface area contributed by atoms with Gasteiger partial charge in [0, 0.05) is 19.6 Å². The number of carbonyl (C=O) groups excluding carboxylic acids is 1. The fraction of sp³-hybridized carbons (Fsp3) is 0.500. The number of carbonyl (C=O) groups is 2. The first kappa shape index (κ1) is 13.3. The molecule has 1 aliphatic carbocycles. The zero-order valence-electron chi connectivity index (χ0n) is 10.7. The van der Waals surface area contributed by atoms with Crippen LogP contribution in [0.3, 0.4) is 0 Å². The predicted octanol–water partition coefficient (Wildman–Crippen LogP) is 0.280. The minimum Gasteiger partial charge on any atom is -0.481 e. The van der Waals surface area contributed by atoms with Gasteiger partial charge in [0.15, 0.2) is 11.5 Å². The van der Waals surface area contributed by atoms with E-state index < -0.39 is 5.97 Å². The lowest BCUT2D eigenvalue weighted by Crippen LogP contribution is -2.30. The van der Waals surface area contributed by atoms with Crippen LogP contribution in [-0.2, 0) is 4.79 Å². The molecule has 0 bridgehead atoms. The Kier molecular flexibility index (Phi) is 3.94. The molecule has 2 N–H and O–H groups in total. The van der Waals surface area contributed by atoms with Gasteiger partial charge in [-0.1, -0.05) is 0 Å². The first-order chi connectivity index (χ1) is 9.11. The average Bonchev–Trinajstić information content (AvgIpc) is 3.23. The maximum atomic E-state index is 11.4. The summed E-state index contributed by atoms with van der Waals surface area (Å²) in [5.74, 6) is -0.500. The molecular formula is C12H16N4O3. The lowest BCUT2D eigenvalue weighted by Gasteiger charge is -2.21. The third-order valence-electron chi connectivity index (χ3n) is 2.96. The van der Waals surface area contributed by atoms with Crippen LogP contribution in [0.25, 0.3) is 0 Å². The number of nitrogens with one attached hydrogen (secondary N) is 1. The second kappa shape index (κ2) is 5.64. The van der Waals surface area contributed by atoms with Crippen LogP contribution in [-0.4, -0.2) is 46.8 Å². The van der Waals surface area contributed by atoms with Gasteiger partial charge in [0.2, 0.25) is 0 Å². The number of aliphatic carboxylic acids is 1. The van der Waals surface area contributed by atoms with Gasteiger partial charge in [0.1, 0.15) is 0 Å². The van der Waals surface area contributed by atoms with Gasteiger partial charge in [-0.2, -0.15) is 0 Å². The van der Waals surface area contributed by atoms with Gasteiger partial charge in [0.05, 0.1) is 6.42 Å². The normalized spacial score (nSPS) is 13.9. The molecule has 19 heavy (non-hydrogen) atoms. The van der Waals surface area contributed by atoms with Gasteiger partial charge in [0.25, 0.3) is 5.91 Å². The minimum atomic E-state index is -0.833. The van der Waals surface area contributed by atoms with Crippen LogP contribution >= 0.6 is 0 Å². The Bertz CT molecular complexity index is 470. The van der Waals surface area contributed by atoms with E-state index in [4.69, 9.17) is 5.11 Å². The van der Waals surface area contributed by atoms with E-state index in [9.17, 15) is 9.59 Å². The molecule has 1 aliphatic rings. The van der Waals surface area contributed by atoms with Crippen LogP contribution in [0.4, 0.5) is 5.82 Å². The summed E-state index contributed by atoms with van der Waals surface area (Å²) < 4.78 is 0. The summed E-state index contributed by atoms with van der Waals surface area (Å²) in [4.78, 5) is 23.9. The highest BCUT2D eigenvalue weighted by atomic mass is 16.4. The van der Waals surface area contributed by atoms with Crippen LogP contribution in [0.1, 0.15) is 29.8 Å². The molecule has 0 saturated heterocycles. The average molecular weight is 264 g/mol. The topological polar surface area (TPSA) is 95.4 Å². The van der Waals surface area contributed by atoms with E-state index in [2.05, 4.69) is 15.5 Å². The van der Waals surface area contributed by atoms with Gasteiger partial charge in [-0.15, -0.1) is 10.2 Å². The Morgan fingerprint density at radius 3 is 2.63 bits per heavy atom. The van der Waals surface area contributed by atoms with Crippen LogP contribution in [0, 0.1) is 0 Å². The number of nitrogens with zero attached hydrogens (tertiary/aromatic N) is 3. The van der Waals surface area contributed by atoms with Crippen molar-refractivity contribution in [3.8, 4) is 0 Å². The third-order valence-corrected chi connectivity index (χ3v) is 2.96. The zero-order valence-corrected chi connectivity index (χ0v) is 10.7. The van der Waals surface area contributed by atoms with Gasteiger partial charge < -0.3 is 15.3 Å². The number of rotatable bonds is 6. The van der Waals surface area contributed by atoms with Gasteiger partial charge >= 0.3 is 5.97 Å². The summed E-state index contributed by atoms with van der Waals surface area (Å²) in [5, 5.41) is 19.1. The molecule has 0 aliphatic heterocycles. The Morgan fingerprint density at radius 2 is 2.16 bits per heavy atom. The first-order valence-corrected chi connectivity index (χ1v) is 6.16. The maximum Gasteiger partial charge on any atom is 0.305 e. The quantitative estimate of drug-likeness (QED) is 0.766. The third kappa shape index (κ3) is 3.40. The standard InChI is InChI=1S/C12H16N4O3/c1-13-12(19)9-4-5-10(15-14-9)16(8-2-3-8)7-6-11(17)18/h4-5,8H,2-3,6-7H2,1H3,(H,13,19)(H,17,18). The Morgan fingerprint density at radius 1 is 1.42 bits per heavy atom. The highest BCUT2D eigenvalue weighted by Gasteiger charge is 2.30. The van der Waals surface area contributed by atoms with Crippen molar-refractivity contribution in [1.29, 1.82) is 0 Å². The number of carboxylic acid groups (broad SMARTS) is 1. The fourth-order valence-corrected chi connectivity index (χ4v) is 1.81. The smallest absolute Gasteiger partial charge is 0.305 e. The van der Waals surface area contributed by atoms with Gasteiger partial charge in [-0.3, -0.25) is 9.59 Å². The van der Waals surface area contributed by atoms with E-state index in [1.54, 1.807) is 12.1 Å². The number of hydrogen-bond acceptors (Lipinski definition) is 5.